The van der Waals surface area contributed by atoms with Gasteiger partial charge in [0.25, 0.3) is 0 Å². The number of hydrogen-bond donors (Lipinski definition) is 1. The van der Waals surface area contributed by atoms with Gasteiger partial charge >= 0.3 is 5.97 Å². The molecule has 0 amide bonds. The minimum atomic E-state index is -0.929. The Hall–Kier alpha value is -1.39. The van der Waals surface area contributed by atoms with Crippen LogP contribution < -0.4 is 0 Å². The fourth-order valence-corrected chi connectivity index (χ4v) is 2.20. The second kappa shape index (κ2) is 8.72. The summed E-state index contributed by atoms with van der Waals surface area (Å²) in [6, 6.07) is 9.72. The predicted octanol–water partition coefficient (Wildman–Crippen LogP) is 3.31. The molecular weight excluding hydrogens is 256 g/mol. The van der Waals surface area contributed by atoms with E-state index in [-0.39, 0.29) is 12.7 Å². The van der Waals surface area contributed by atoms with Crippen LogP contribution in [0.4, 0.5) is 0 Å². The molecule has 1 aromatic rings. The van der Waals surface area contributed by atoms with Gasteiger partial charge in [0.1, 0.15) is 6.79 Å². The number of hydrogen-bond acceptors (Lipinski definition) is 3. The van der Waals surface area contributed by atoms with Crippen LogP contribution >= 0.6 is 0 Å². The van der Waals surface area contributed by atoms with E-state index in [1.54, 1.807) is 0 Å². The molecule has 0 heterocycles. The molecule has 1 N–H and O–H groups in total. The normalized spacial score (nSPS) is 14.2. The Kier molecular flexibility index (Phi) is 7.26. The third-order valence-electron chi connectivity index (χ3n) is 3.05. The predicted molar refractivity (Wildman–Crippen MR) is 77.2 cm³/mol. The summed E-state index contributed by atoms with van der Waals surface area (Å²) in [7, 11) is 0. The lowest BCUT2D eigenvalue weighted by Crippen LogP contribution is -2.32. The monoisotopic (exact) mass is 280 g/mol. The van der Waals surface area contributed by atoms with Gasteiger partial charge in [-0.25, -0.2) is 4.79 Å². The van der Waals surface area contributed by atoms with Gasteiger partial charge in [0.15, 0.2) is 6.10 Å². The first kappa shape index (κ1) is 16.7. The van der Waals surface area contributed by atoms with Gasteiger partial charge in [0.2, 0.25) is 0 Å². The lowest BCUT2D eigenvalue weighted by Gasteiger charge is -2.22. The van der Waals surface area contributed by atoms with Crippen molar-refractivity contribution in [3.05, 3.63) is 35.9 Å². The number of ether oxygens (including phenoxy) is 2. The molecular formula is C16H24O4. The van der Waals surface area contributed by atoms with Crippen LogP contribution in [0.2, 0.25) is 0 Å². The molecule has 0 aromatic heterocycles. The summed E-state index contributed by atoms with van der Waals surface area (Å²) >= 11 is 0. The van der Waals surface area contributed by atoms with Gasteiger partial charge in [-0.05, 0) is 23.8 Å². The molecule has 2 atom stereocenters. The lowest BCUT2D eigenvalue weighted by molar-refractivity contribution is -0.168. The van der Waals surface area contributed by atoms with Crippen LogP contribution in [0.3, 0.4) is 0 Å². The van der Waals surface area contributed by atoms with E-state index in [0.717, 1.165) is 12.0 Å². The summed E-state index contributed by atoms with van der Waals surface area (Å²) < 4.78 is 10.7. The van der Waals surface area contributed by atoms with Crippen molar-refractivity contribution >= 4 is 5.97 Å². The first-order chi connectivity index (χ1) is 9.50. The molecule has 112 valence electrons. The van der Waals surface area contributed by atoms with Crippen molar-refractivity contribution in [1.82, 2.24) is 0 Å². The minimum absolute atomic E-state index is 0.00566. The highest BCUT2D eigenvalue weighted by Crippen LogP contribution is 2.18. The summed E-state index contributed by atoms with van der Waals surface area (Å²) in [6.45, 7) is 6.46. The van der Waals surface area contributed by atoms with Crippen molar-refractivity contribution in [2.75, 3.05) is 6.79 Å². The Bertz CT molecular complexity index is 389. The minimum Gasteiger partial charge on any atom is -0.479 e. The lowest BCUT2D eigenvalue weighted by atomic mass is 9.94. The zero-order valence-corrected chi connectivity index (χ0v) is 12.4. The quantitative estimate of drug-likeness (QED) is 0.557. The van der Waals surface area contributed by atoms with Crippen LogP contribution in [-0.2, 0) is 20.9 Å². The molecule has 0 bridgehead atoms. The van der Waals surface area contributed by atoms with E-state index in [1.807, 2.05) is 37.3 Å². The number of carbonyl (C=O) groups is 1. The largest absolute Gasteiger partial charge is 0.479 e. The van der Waals surface area contributed by atoms with Gasteiger partial charge in [-0.1, -0.05) is 51.1 Å². The number of rotatable bonds is 9. The zero-order chi connectivity index (χ0) is 15.0. The van der Waals surface area contributed by atoms with E-state index >= 15 is 0 Å². The van der Waals surface area contributed by atoms with Crippen LogP contribution in [0, 0.1) is 11.8 Å². The van der Waals surface area contributed by atoms with Crippen molar-refractivity contribution in [2.45, 2.75) is 39.9 Å². The fraction of sp³-hybridized carbons (Fsp3) is 0.562. The summed E-state index contributed by atoms with van der Waals surface area (Å²) in [6.07, 6.45) is 0.00325. The fourth-order valence-electron chi connectivity index (χ4n) is 2.20. The van der Waals surface area contributed by atoms with Crippen molar-refractivity contribution < 1.29 is 19.4 Å². The van der Waals surface area contributed by atoms with Gasteiger partial charge in [-0.15, -0.1) is 0 Å². The molecule has 0 saturated heterocycles. The van der Waals surface area contributed by atoms with Crippen molar-refractivity contribution in [3.63, 3.8) is 0 Å². The number of carboxylic acids is 1. The van der Waals surface area contributed by atoms with Crippen molar-refractivity contribution in [3.8, 4) is 0 Å². The van der Waals surface area contributed by atoms with Crippen LogP contribution in [0.15, 0.2) is 30.3 Å². The third kappa shape index (κ3) is 6.17. The topological polar surface area (TPSA) is 55.8 Å². The summed E-state index contributed by atoms with van der Waals surface area (Å²) in [5.41, 5.74) is 1.04. The molecule has 0 radical (unpaired) electrons. The highest BCUT2D eigenvalue weighted by molar-refractivity contribution is 5.72. The molecule has 0 spiro atoms. The molecule has 1 unspecified atom stereocenters. The molecule has 0 aliphatic rings. The van der Waals surface area contributed by atoms with Crippen LogP contribution in [0.25, 0.3) is 0 Å². The molecule has 20 heavy (non-hydrogen) atoms. The van der Waals surface area contributed by atoms with E-state index in [9.17, 15) is 9.90 Å². The van der Waals surface area contributed by atoms with Gasteiger partial charge in [-0.2, -0.15) is 0 Å². The average Bonchev–Trinajstić information content (AvgIpc) is 2.38. The van der Waals surface area contributed by atoms with E-state index < -0.39 is 12.1 Å². The Balaban J connectivity index is 2.34. The number of aliphatic carboxylic acids is 1. The Morgan fingerprint density at radius 2 is 1.85 bits per heavy atom. The second-order valence-corrected chi connectivity index (χ2v) is 5.48. The van der Waals surface area contributed by atoms with Crippen LogP contribution in [-0.4, -0.2) is 24.0 Å². The van der Waals surface area contributed by atoms with E-state index in [2.05, 4.69) is 13.8 Å². The molecule has 1 rings (SSSR count). The molecule has 1 aromatic carbocycles. The van der Waals surface area contributed by atoms with Crippen molar-refractivity contribution in [2.24, 2.45) is 11.8 Å². The third-order valence-corrected chi connectivity index (χ3v) is 3.05. The van der Waals surface area contributed by atoms with Crippen molar-refractivity contribution in [1.29, 1.82) is 0 Å². The molecule has 4 heteroatoms. The summed E-state index contributed by atoms with van der Waals surface area (Å²) in [5.74, 6) is -0.519. The zero-order valence-electron chi connectivity index (χ0n) is 12.4. The standard InChI is InChI=1S/C16H24O4/c1-12(2)9-13(3)15(16(17)18)20-11-19-10-14-7-5-4-6-8-14/h4-8,12-13,15H,9-11H2,1-3H3,(H,17,18)/t13-,15?/m0/s1. The molecule has 0 fully saturated rings. The molecule has 0 aliphatic carbocycles. The van der Waals surface area contributed by atoms with Crippen LogP contribution in [0.1, 0.15) is 32.8 Å². The van der Waals surface area contributed by atoms with Gasteiger partial charge in [0, 0.05) is 0 Å². The van der Waals surface area contributed by atoms with E-state index in [1.165, 1.54) is 0 Å². The maximum absolute atomic E-state index is 11.2. The SMILES string of the molecule is CC(C)C[C@H](C)C(OCOCc1ccccc1)C(=O)O. The first-order valence-electron chi connectivity index (χ1n) is 6.96. The average molecular weight is 280 g/mol. The second-order valence-electron chi connectivity index (χ2n) is 5.48. The summed E-state index contributed by atoms with van der Waals surface area (Å²) in [4.78, 5) is 11.2. The molecule has 0 aliphatic heterocycles. The van der Waals surface area contributed by atoms with Gasteiger partial charge < -0.3 is 14.6 Å². The highest BCUT2D eigenvalue weighted by atomic mass is 16.7. The molecule has 4 nitrogen and oxygen atoms in total. The summed E-state index contributed by atoms with van der Waals surface area (Å²) in [5, 5.41) is 9.19. The Morgan fingerprint density at radius 3 is 2.40 bits per heavy atom. The van der Waals surface area contributed by atoms with Gasteiger partial charge in [0.05, 0.1) is 6.61 Å². The molecule has 0 saturated carbocycles. The number of benzene rings is 1. The highest BCUT2D eigenvalue weighted by Gasteiger charge is 2.26. The van der Waals surface area contributed by atoms with E-state index in [4.69, 9.17) is 9.47 Å². The Labute approximate surface area is 120 Å². The maximum atomic E-state index is 11.2. The van der Waals surface area contributed by atoms with Crippen LogP contribution in [0.5, 0.6) is 0 Å². The smallest absolute Gasteiger partial charge is 0.333 e. The number of carboxylic acid groups (broad SMARTS) is 1. The first-order valence-corrected chi connectivity index (χ1v) is 6.96. The van der Waals surface area contributed by atoms with Gasteiger partial charge in [-0.3, -0.25) is 0 Å². The Morgan fingerprint density at radius 1 is 1.20 bits per heavy atom. The van der Waals surface area contributed by atoms with E-state index in [0.29, 0.717) is 12.5 Å². The maximum Gasteiger partial charge on any atom is 0.333 e.